The molecule has 0 N–H and O–H groups in total. The van der Waals surface area contributed by atoms with Gasteiger partial charge in [-0.05, 0) is 36.4 Å². The van der Waals surface area contributed by atoms with Crippen LogP contribution in [0.15, 0.2) is 53.1 Å². The summed E-state index contributed by atoms with van der Waals surface area (Å²) in [6.45, 7) is 0.150. The van der Waals surface area contributed by atoms with Crippen LogP contribution in [0.4, 0.5) is 0 Å². The van der Waals surface area contributed by atoms with Gasteiger partial charge in [0.2, 0.25) is 5.82 Å². The molecule has 0 bridgehead atoms. The van der Waals surface area contributed by atoms with E-state index in [4.69, 9.17) is 14.0 Å². The van der Waals surface area contributed by atoms with Crippen molar-refractivity contribution in [1.29, 1.82) is 0 Å². The number of carbonyl (C=O) groups excluding carboxylic acids is 1. The Morgan fingerprint density at radius 2 is 1.96 bits per heavy atom. The van der Waals surface area contributed by atoms with Gasteiger partial charge in [0.05, 0.1) is 7.11 Å². The molecule has 23 heavy (non-hydrogen) atoms. The standard InChI is InChI=1S/C17H14N2O4/c1-21-15-4-2-3-13(9-15)17-18-16(23-19-17)11-22-14-7-5-12(10-20)6-8-14/h2-10H,11H2,1H3. The van der Waals surface area contributed by atoms with Gasteiger partial charge in [0.15, 0.2) is 6.61 Å². The first-order valence-electron chi connectivity index (χ1n) is 6.93. The highest BCUT2D eigenvalue weighted by molar-refractivity contribution is 5.74. The molecule has 0 aliphatic rings. The summed E-state index contributed by atoms with van der Waals surface area (Å²) in [7, 11) is 1.60. The van der Waals surface area contributed by atoms with Crippen LogP contribution in [-0.4, -0.2) is 23.5 Å². The Kier molecular flexibility index (Phi) is 4.33. The van der Waals surface area contributed by atoms with Crippen LogP contribution in [0, 0.1) is 0 Å². The largest absolute Gasteiger partial charge is 0.497 e. The van der Waals surface area contributed by atoms with Crippen molar-refractivity contribution >= 4 is 6.29 Å². The van der Waals surface area contributed by atoms with Gasteiger partial charge in [-0.25, -0.2) is 0 Å². The molecule has 0 aliphatic carbocycles. The molecule has 0 aliphatic heterocycles. The second-order valence-electron chi connectivity index (χ2n) is 4.72. The number of hydrogen-bond donors (Lipinski definition) is 0. The lowest BCUT2D eigenvalue weighted by Crippen LogP contribution is -1.96. The van der Waals surface area contributed by atoms with Gasteiger partial charge in [0.25, 0.3) is 5.89 Å². The lowest BCUT2D eigenvalue weighted by molar-refractivity contribution is 0.112. The van der Waals surface area contributed by atoms with Crippen molar-refractivity contribution in [3.05, 3.63) is 60.0 Å². The van der Waals surface area contributed by atoms with Crippen LogP contribution in [-0.2, 0) is 6.61 Å². The molecule has 0 radical (unpaired) electrons. The van der Waals surface area contributed by atoms with Gasteiger partial charge in [-0.3, -0.25) is 4.79 Å². The van der Waals surface area contributed by atoms with Gasteiger partial charge >= 0.3 is 0 Å². The fourth-order valence-corrected chi connectivity index (χ4v) is 1.98. The summed E-state index contributed by atoms with van der Waals surface area (Å²) in [5.41, 5.74) is 1.39. The second kappa shape index (κ2) is 6.74. The molecule has 3 rings (SSSR count). The van der Waals surface area contributed by atoms with Gasteiger partial charge in [0.1, 0.15) is 17.8 Å². The number of rotatable bonds is 6. The van der Waals surface area contributed by atoms with Gasteiger partial charge in [-0.2, -0.15) is 4.98 Å². The fraction of sp³-hybridized carbons (Fsp3) is 0.118. The summed E-state index contributed by atoms with van der Waals surface area (Å²) in [6, 6.07) is 14.2. The van der Waals surface area contributed by atoms with Gasteiger partial charge in [-0.15, -0.1) is 0 Å². The topological polar surface area (TPSA) is 74.5 Å². The minimum Gasteiger partial charge on any atom is -0.497 e. The van der Waals surface area contributed by atoms with Crippen molar-refractivity contribution < 1.29 is 18.8 Å². The molecule has 6 nitrogen and oxygen atoms in total. The summed E-state index contributed by atoms with van der Waals surface area (Å²) in [6.07, 6.45) is 0.780. The fourth-order valence-electron chi connectivity index (χ4n) is 1.98. The van der Waals surface area contributed by atoms with Crippen LogP contribution in [0.25, 0.3) is 11.4 Å². The molecule has 1 heterocycles. The molecule has 6 heteroatoms. The lowest BCUT2D eigenvalue weighted by atomic mass is 10.2. The molecule has 0 atom stereocenters. The second-order valence-corrected chi connectivity index (χ2v) is 4.72. The minimum absolute atomic E-state index is 0.150. The van der Waals surface area contributed by atoms with E-state index in [0.29, 0.717) is 23.0 Å². The maximum absolute atomic E-state index is 10.6. The van der Waals surface area contributed by atoms with E-state index in [1.54, 1.807) is 31.4 Å². The highest BCUT2D eigenvalue weighted by Gasteiger charge is 2.10. The molecule has 1 aromatic heterocycles. The quantitative estimate of drug-likeness (QED) is 0.651. The van der Waals surface area contributed by atoms with E-state index in [1.807, 2.05) is 24.3 Å². The van der Waals surface area contributed by atoms with E-state index in [9.17, 15) is 4.79 Å². The lowest BCUT2D eigenvalue weighted by Gasteiger charge is -2.02. The van der Waals surface area contributed by atoms with Crippen LogP contribution in [0.2, 0.25) is 0 Å². The van der Waals surface area contributed by atoms with E-state index in [1.165, 1.54) is 0 Å². The Morgan fingerprint density at radius 3 is 2.70 bits per heavy atom. The van der Waals surface area contributed by atoms with E-state index in [-0.39, 0.29) is 6.61 Å². The third kappa shape index (κ3) is 3.55. The zero-order valence-electron chi connectivity index (χ0n) is 12.4. The monoisotopic (exact) mass is 310 g/mol. The molecule has 0 saturated carbocycles. The van der Waals surface area contributed by atoms with E-state index in [2.05, 4.69) is 10.1 Å². The maximum Gasteiger partial charge on any atom is 0.264 e. The maximum atomic E-state index is 10.6. The first-order chi connectivity index (χ1) is 11.3. The number of carbonyl (C=O) groups is 1. The average Bonchev–Trinajstić information content (AvgIpc) is 3.09. The van der Waals surface area contributed by atoms with Crippen LogP contribution in [0.1, 0.15) is 16.2 Å². The number of aldehydes is 1. The molecule has 0 amide bonds. The predicted octanol–water partition coefficient (Wildman–Crippen LogP) is 3.14. The number of aromatic nitrogens is 2. The summed E-state index contributed by atoms with van der Waals surface area (Å²) in [4.78, 5) is 14.9. The van der Waals surface area contributed by atoms with Crippen molar-refractivity contribution in [3.63, 3.8) is 0 Å². The van der Waals surface area contributed by atoms with E-state index >= 15 is 0 Å². The van der Waals surface area contributed by atoms with Gasteiger partial charge < -0.3 is 14.0 Å². The van der Waals surface area contributed by atoms with Gasteiger partial charge in [0, 0.05) is 11.1 Å². The first-order valence-corrected chi connectivity index (χ1v) is 6.93. The molecule has 2 aromatic carbocycles. The van der Waals surface area contributed by atoms with Crippen molar-refractivity contribution in [2.24, 2.45) is 0 Å². The number of ether oxygens (including phenoxy) is 2. The highest BCUT2D eigenvalue weighted by atomic mass is 16.5. The SMILES string of the molecule is COc1cccc(-c2noc(COc3ccc(C=O)cc3)n2)c1. The predicted molar refractivity (Wildman–Crippen MR) is 82.4 cm³/mol. The van der Waals surface area contributed by atoms with Crippen molar-refractivity contribution in [2.45, 2.75) is 6.61 Å². The molecular weight excluding hydrogens is 296 g/mol. The summed E-state index contributed by atoms with van der Waals surface area (Å²) < 4.78 is 15.9. The van der Waals surface area contributed by atoms with E-state index < -0.39 is 0 Å². The smallest absolute Gasteiger partial charge is 0.264 e. The Balaban J connectivity index is 1.67. The third-order valence-electron chi connectivity index (χ3n) is 3.17. The Morgan fingerprint density at radius 1 is 1.13 bits per heavy atom. The Bertz CT molecular complexity index is 796. The number of benzene rings is 2. The summed E-state index contributed by atoms with van der Waals surface area (Å²) in [5, 5.41) is 3.93. The number of hydrogen-bond acceptors (Lipinski definition) is 6. The van der Waals surface area contributed by atoms with Gasteiger partial charge in [-0.1, -0.05) is 17.3 Å². The van der Waals surface area contributed by atoms with Crippen LogP contribution >= 0.6 is 0 Å². The molecule has 116 valence electrons. The third-order valence-corrected chi connectivity index (χ3v) is 3.17. The Hall–Kier alpha value is -3.15. The molecular formula is C17H14N2O4. The molecule has 0 unspecified atom stereocenters. The zero-order chi connectivity index (χ0) is 16.1. The summed E-state index contributed by atoms with van der Waals surface area (Å²) in [5.74, 6) is 2.18. The molecule has 0 spiro atoms. The molecule has 0 fully saturated rings. The molecule has 3 aromatic rings. The van der Waals surface area contributed by atoms with Crippen molar-refractivity contribution in [1.82, 2.24) is 10.1 Å². The van der Waals surface area contributed by atoms with Crippen LogP contribution < -0.4 is 9.47 Å². The Labute approximate surface area is 132 Å². The van der Waals surface area contributed by atoms with Crippen molar-refractivity contribution in [3.8, 4) is 22.9 Å². The number of nitrogens with zero attached hydrogens (tertiary/aromatic N) is 2. The van der Waals surface area contributed by atoms with Crippen molar-refractivity contribution in [2.75, 3.05) is 7.11 Å². The highest BCUT2D eigenvalue weighted by Crippen LogP contribution is 2.21. The van der Waals surface area contributed by atoms with E-state index in [0.717, 1.165) is 17.6 Å². The summed E-state index contributed by atoms with van der Waals surface area (Å²) >= 11 is 0. The normalized spacial score (nSPS) is 10.3. The average molecular weight is 310 g/mol. The zero-order valence-corrected chi connectivity index (χ0v) is 12.4. The first kappa shape index (κ1) is 14.8. The number of methoxy groups -OCH3 is 1. The minimum atomic E-state index is 0.150. The van der Waals surface area contributed by atoms with Crippen LogP contribution in [0.3, 0.4) is 0 Å². The molecule has 0 saturated heterocycles. The van der Waals surface area contributed by atoms with Crippen LogP contribution in [0.5, 0.6) is 11.5 Å².